The Kier molecular flexibility index (Phi) is 4.65. The van der Waals surface area contributed by atoms with Gasteiger partial charge in [-0.15, -0.1) is 0 Å². The minimum absolute atomic E-state index is 0.0953. The van der Waals surface area contributed by atoms with Crippen LogP contribution in [0.3, 0.4) is 0 Å². The van der Waals surface area contributed by atoms with Crippen molar-refractivity contribution in [1.82, 2.24) is 9.62 Å². The minimum Gasteiger partial charge on any atom is -0.377 e. The molecular formula is C14H26N2O3S. The number of hydrogen-bond acceptors (Lipinski definition) is 4. The number of rotatable bonds is 5. The molecule has 0 bridgehead atoms. The molecule has 3 rings (SSSR count). The maximum Gasteiger partial charge on any atom is 0.214 e. The maximum absolute atomic E-state index is 12.0. The lowest BCUT2D eigenvalue weighted by molar-refractivity contribution is -0.0102. The molecule has 1 saturated carbocycles. The summed E-state index contributed by atoms with van der Waals surface area (Å²) in [7, 11) is -3.05. The van der Waals surface area contributed by atoms with Crippen LogP contribution in [0.15, 0.2) is 0 Å². The van der Waals surface area contributed by atoms with Crippen LogP contribution in [-0.4, -0.2) is 57.0 Å². The first kappa shape index (κ1) is 14.8. The third-order valence-electron chi connectivity index (χ3n) is 4.54. The SMILES string of the molecule is O=S(=O)(NC1CCCN(CC2CCCCO2)C1)C1CC1. The molecule has 2 aliphatic heterocycles. The first-order valence-corrected chi connectivity index (χ1v) is 9.53. The van der Waals surface area contributed by atoms with Crippen molar-refractivity contribution in [1.29, 1.82) is 0 Å². The highest BCUT2D eigenvalue weighted by Crippen LogP contribution is 2.28. The van der Waals surface area contributed by atoms with Crippen LogP contribution in [0.4, 0.5) is 0 Å². The molecular weight excluding hydrogens is 276 g/mol. The number of nitrogens with one attached hydrogen (secondary N) is 1. The van der Waals surface area contributed by atoms with E-state index in [1.807, 2.05) is 0 Å². The molecule has 2 saturated heterocycles. The molecule has 0 amide bonds. The normalized spacial score (nSPS) is 33.2. The average Bonchev–Trinajstić information content (AvgIpc) is 3.24. The molecule has 2 unspecified atom stereocenters. The summed E-state index contributed by atoms with van der Waals surface area (Å²) in [6.45, 7) is 3.76. The molecule has 0 aromatic carbocycles. The largest absolute Gasteiger partial charge is 0.377 e. The third kappa shape index (κ3) is 3.93. The van der Waals surface area contributed by atoms with Crippen molar-refractivity contribution in [3.05, 3.63) is 0 Å². The molecule has 2 heterocycles. The van der Waals surface area contributed by atoms with Crippen molar-refractivity contribution >= 4 is 10.0 Å². The second kappa shape index (κ2) is 6.30. The van der Waals surface area contributed by atoms with Gasteiger partial charge in [0.1, 0.15) is 0 Å². The lowest BCUT2D eigenvalue weighted by atomic mass is 10.0. The predicted molar refractivity (Wildman–Crippen MR) is 78.1 cm³/mol. The summed E-state index contributed by atoms with van der Waals surface area (Å²) >= 11 is 0. The lowest BCUT2D eigenvalue weighted by Crippen LogP contribution is -2.50. The summed E-state index contributed by atoms with van der Waals surface area (Å²) in [5.41, 5.74) is 0. The van der Waals surface area contributed by atoms with Gasteiger partial charge in [-0.05, 0) is 51.5 Å². The maximum atomic E-state index is 12.0. The number of likely N-dealkylation sites (tertiary alicyclic amines) is 1. The van der Waals surface area contributed by atoms with Crippen molar-refractivity contribution < 1.29 is 13.2 Å². The monoisotopic (exact) mass is 302 g/mol. The molecule has 0 aromatic rings. The van der Waals surface area contributed by atoms with Crippen LogP contribution in [0.1, 0.15) is 44.9 Å². The highest BCUT2D eigenvalue weighted by Gasteiger charge is 2.37. The summed E-state index contributed by atoms with van der Waals surface area (Å²) in [5.74, 6) is 0. The van der Waals surface area contributed by atoms with Crippen LogP contribution >= 0.6 is 0 Å². The molecule has 2 atom stereocenters. The first-order chi connectivity index (χ1) is 9.63. The summed E-state index contributed by atoms with van der Waals surface area (Å²) in [6.07, 6.45) is 7.65. The van der Waals surface area contributed by atoms with E-state index in [0.717, 1.165) is 58.3 Å². The highest BCUT2D eigenvalue weighted by molar-refractivity contribution is 7.90. The topological polar surface area (TPSA) is 58.6 Å². The van der Waals surface area contributed by atoms with Crippen LogP contribution < -0.4 is 4.72 Å². The van der Waals surface area contributed by atoms with Gasteiger partial charge in [0.05, 0.1) is 11.4 Å². The van der Waals surface area contributed by atoms with Crippen molar-refractivity contribution in [2.24, 2.45) is 0 Å². The lowest BCUT2D eigenvalue weighted by Gasteiger charge is -2.36. The van der Waals surface area contributed by atoms with Gasteiger partial charge in [0, 0.05) is 25.7 Å². The van der Waals surface area contributed by atoms with Crippen LogP contribution in [0.5, 0.6) is 0 Å². The van der Waals surface area contributed by atoms with E-state index in [9.17, 15) is 8.42 Å². The number of ether oxygens (including phenoxy) is 1. The van der Waals surface area contributed by atoms with Gasteiger partial charge in [-0.1, -0.05) is 0 Å². The van der Waals surface area contributed by atoms with Crippen molar-refractivity contribution in [3.63, 3.8) is 0 Å². The van der Waals surface area contributed by atoms with Gasteiger partial charge < -0.3 is 4.74 Å². The van der Waals surface area contributed by atoms with E-state index in [2.05, 4.69) is 9.62 Å². The Bertz CT molecular complexity index is 416. The minimum atomic E-state index is -3.05. The Morgan fingerprint density at radius 3 is 2.65 bits per heavy atom. The van der Waals surface area contributed by atoms with Gasteiger partial charge >= 0.3 is 0 Å². The van der Waals surface area contributed by atoms with Gasteiger partial charge in [-0.3, -0.25) is 4.90 Å². The van der Waals surface area contributed by atoms with Crippen LogP contribution in [0, 0.1) is 0 Å². The van der Waals surface area contributed by atoms with Crippen molar-refractivity contribution in [2.75, 3.05) is 26.2 Å². The molecule has 6 heteroatoms. The first-order valence-electron chi connectivity index (χ1n) is 7.98. The summed E-state index contributed by atoms with van der Waals surface area (Å²) < 4.78 is 32.7. The smallest absolute Gasteiger partial charge is 0.214 e. The van der Waals surface area contributed by atoms with Crippen molar-refractivity contribution in [3.8, 4) is 0 Å². The molecule has 0 radical (unpaired) electrons. The Morgan fingerprint density at radius 2 is 1.95 bits per heavy atom. The van der Waals surface area contributed by atoms with E-state index < -0.39 is 10.0 Å². The van der Waals surface area contributed by atoms with E-state index in [0.29, 0.717) is 6.10 Å². The molecule has 1 N–H and O–H groups in total. The fourth-order valence-electron chi connectivity index (χ4n) is 3.26. The molecule has 0 aromatic heterocycles. The molecule has 3 fully saturated rings. The molecule has 116 valence electrons. The number of sulfonamides is 1. The third-order valence-corrected chi connectivity index (χ3v) is 6.55. The molecule has 3 aliphatic rings. The van der Waals surface area contributed by atoms with Crippen LogP contribution in [0.25, 0.3) is 0 Å². The summed E-state index contributed by atoms with van der Waals surface area (Å²) in [4.78, 5) is 2.37. The van der Waals surface area contributed by atoms with Gasteiger partial charge in [0.25, 0.3) is 0 Å². The Hall–Kier alpha value is -0.170. The van der Waals surface area contributed by atoms with E-state index >= 15 is 0 Å². The van der Waals surface area contributed by atoms with Crippen LogP contribution in [-0.2, 0) is 14.8 Å². The zero-order chi connectivity index (χ0) is 14.0. The molecule has 1 aliphatic carbocycles. The second-order valence-corrected chi connectivity index (χ2v) is 8.44. The van der Waals surface area contributed by atoms with Gasteiger partial charge in [-0.25, -0.2) is 13.1 Å². The quantitative estimate of drug-likeness (QED) is 0.826. The molecule has 20 heavy (non-hydrogen) atoms. The van der Waals surface area contributed by atoms with Gasteiger partial charge in [0.15, 0.2) is 0 Å². The van der Waals surface area contributed by atoms with E-state index in [4.69, 9.17) is 4.74 Å². The summed E-state index contributed by atoms with van der Waals surface area (Å²) in [5, 5.41) is -0.112. The van der Waals surface area contributed by atoms with E-state index in [-0.39, 0.29) is 11.3 Å². The Labute approximate surface area is 122 Å². The Balaban J connectivity index is 1.48. The van der Waals surface area contributed by atoms with E-state index in [1.165, 1.54) is 12.8 Å². The fourth-order valence-corrected chi connectivity index (χ4v) is 4.87. The van der Waals surface area contributed by atoms with Crippen molar-refractivity contribution in [2.45, 2.75) is 62.3 Å². The number of hydrogen-bond donors (Lipinski definition) is 1. The van der Waals surface area contributed by atoms with Gasteiger partial charge in [-0.2, -0.15) is 0 Å². The number of piperidine rings is 1. The zero-order valence-corrected chi connectivity index (χ0v) is 12.9. The standard InChI is InChI=1S/C14H26N2O3S/c17-20(18,14-6-7-14)15-12-4-3-8-16(10-12)11-13-5-1-2-9-19-13/h12-15H,1-11H2. The average molecular weight is 302 g/mol. The molecule has 5 nitrogen and oxygen atoms in total. The second-order valence-electron chi connectivity index (χ2n) is 6.45. The highest BCUT2D eigenvalue weighted by atomic mass is 32.2. The Morgan fingerprint density at radius 1 is 1.10 bits per heavy atom. The van der Waals surface area contributed by atoms with E-state index in [1.54, 1.807) is 0 Å². The van der Waals surface area contributed by atoms with Crippen LogP contribution in [0.2, 0.25) is 0 Å². The molecule has 0 spiro atoms. The fraction of sp³-hybridized carbons (Fsp3) is 1.00. The number of nitrogens with zero attached hydrogens (tertiary/aromatic N) is 1. The summed E-state index contributed by atoms with van der Waals surface area (Å²) in [6, 6.07) is 0.0953. The van der Waals surface area contributed by atoms with Gasteiger partial charge in [0.2, 0.25) is 10.0 Å². The zero-order valence-electron chi connectivity index (χ0n) is 12.1. The predicted octanol–water partition coefficient (Wildman–Crippen LogP) is 1.10.